The molecule has 11 heteroatoms. The van der Waals surface area contributed by atoms with Crippen LogP contribution < -0.4 is 10.7 Å². The quantitative estimate of drug-likeness (QED) is 0.550. The number of hydrogen-bond acceptors (Lipinski definition) is 5. The van der Waals surface area contributed by atoms with E-state index in [0.717, 1.165) is 5.01 Å². The Morgan fingerprint density at radius 1 is 1.46 bits per heavy atom. The Balaban J connectivity index is 2.18. The molecule has 0 bridgehead atoms. The number of aryl methyl sites for hydroxylation is 1. The number of halogens is 2. The molecule has 2 unspecified atom stereocenters. The molecule has 2 rings (SSSR count). The molecule has 0 saturated carbocycles. The van der Waals surface area contributed by atoms with Crippen LogP contribution in [0.4, 0.5) is 5.69 Å². The Hall–Kier alpha value is -1.68. The normalized spacial score (nSPS) is 22.0. The third-order valence-corrected chi connectivity index (χ3v) is 6.28. The third kappa shape index (κ3) is 4.17. The van der Waals surface area contributed by atoms with Gasteiger partial charge in [0, 0.05) is 18.9 Å². The number of hydrazine groups is 1. The van der Waals surface area contributed by atoms with Crippen LogP contribution in [0.3, 0.4) is 0 Å². The Kier molecular flexibility index (Phi) is 6.28. The molecule has 0 radical (unpaired) electrons. The smallest absolute Gasteiger partial charge is 0.282 e. The molecule has 1 saturated heterocycles. The monoisotopic (exact) mass is 420 g/mol. The number of benzene rings is 1. The molecule has 2 N–H and O–H groups in total. The van der Waals surface area contributed by atoms with E-state index in [1.165, 1.54) is 19.1 Å². The topological polar surface area (TPSA) is 108 Å². The van der Waals surface area contributed by atoms with Crippen LogP contribution in [-0.2, 0) is 19.6 Å². The second-order valence-electron chi connectivity index (χ2n) is 5.74. The number of carbonyl (C=O) groups is 2. The number of nitrogens with zero attached hydrogens (tertiary/aromatic N) is 2. The van der Waals surface area contributed by atoms with Gasteiger partial charge in [-0.1, -0.05) is 6.07 Å². The lowest BCUT2D eigenvalue weighted by atomic mass is 10.2. The molecule has 0 aromatic heterocycles. The lowest BCUT2D eigenvalue weighted by Gasteiger charge is -2.36. The second kappa shape index (κ2) is 7.91. The SMILES string of the molecule is C=NS(=O)(=O)c1cc(NC(=O)[C@@H](C)N2NCC(Cl)C(Cl)C2=O)ccc1C. The van der Waals surface area contributed by atoms with Crippen molar-refractivity contribution in [1.29, 1.82) is 0 Å². The minimum Gasteiger partial charge on any atom is -0.324 e. The van der Waals surface area contributed by atoms with Crippen molar-refractivity contribution in [3.8, 4) is 0 Å². The van der Waals surface area contributed by atoms with E-state index in [9.17, 15) is 18.0 Å². The van der Waals surface area contributed by atoms with Crippen LogP contribution in [0, 0.1) is 6.92 Å². The first-order valence-corrected chi connectivity index (χ1v) is 9.89. The number of alkyl halides is 2. The minimum atomic E-state index is -3.90. The Morgan fingerprint density at radius 3 is 2.73 bits per heavy atom. The third-order valence-electron chi connectivity index (χ3n) is 3.92. The average molecular weight is 421 g/mol. The van der Waals surface area contributed by atoms with Gasteiger partial charge in [-0.05, 0) is 31.5 Å². The second-order valence-corrected chi connectivity index (χ2v) is 8.42. The highest BCUT2D eigenvalue weighted by atomic mass is 35.5. The van der Waals surface area contributed by atoms with Crippen molar-refractivity contribution in [2.24, 2.45) is 4.40 Å². The summed E-state index contributed by atoms with van der Waals surface area (Å²) in [6, 6.07) is 3.48. The standard InChI is InChI=1S/C15H18Cl2N4O4S/c1-8-4-5-10(6-12(8)26(24,25)18-3)20-14(22)9(2)21-15(23)13(17)11(16)7-19-21/h4-6,9,11,13,19H,3,7H2,1-2H3,(H,20,22)/t9-,11?,13?/m1/s1. The van der Waals surface area contributed by atoms with Crippen LogP contribution in [0.15, 0.2) is 27.5 Å². The van der Waals surface area contributed by atoms with Gasteiger partial charge in [0.15, 0.2) is 0 Å². The summed E-state index contributed by atoms with van der Waals surface area (Å²) in [7, 11) is -3.90. The fourth-order valence-electron chi connectivity index (χ4n) is 2.37. The van der Waals surface area contributed by atoms with Crippen molar-refractivity contribution in [1.82, 2.24) is 10.4 Å². The Bertz CT molecular complexity index is 846. The molecule has 0 aliphatic carbocycles. The minimum absolute atomic E-state index is 0.0593. The maximum Gasteiger partial charge on any atom is 0.282 e. The summed E-state index contributed by atoms with van der Waals surface area (Å²) in [6.45, 7) is 6.40. The lowest BCUT2D eigenvalue weighted by molar-refractivity contribution is -0.143. The van der Waals surface area contributed by atoms with Crippen molar-refractivity contribution < 1.29 is 18.0 Å². The van der Waals surface area contributed by atoms with Crippen molar-refractivity contribution in [3.63, 3.8) is 0 Å². The molecule has 1 fully saturated rings. The van der Waals surface area contributed by atoms with Crippen molar-refractivity contribution in [2.75, 3.05) is 11.9 Å². The highest BCUT2D eigenvalue weighted by molar-refractivity contribution is 7.90. The van der Waals surface area contributed by atoms with E-state index < -0.39 is 38.6 Å². The number of anilines is 1. The van der Waals surface area contributed by atoms with Gasteiger partial charge < -0.3 is 5.32 Å². The summed E-state index contributed by atoms with van der Waals surface area (Å²) in [5.41, 5.74) is 3.47. The molecule has 8 nitrogen and oxygen atoms in total. The first kappa shape index (κ1) is 20.6. The molecule has 2 amide bonds. The maximum atomic E-state index is 12.5. The molecule has 1 aliphatic heterocycles. The van der Waals surface area contributed by atoms with E-state index in [4.69, 9.17) is 23.2 Å². The van der Waals surface area contributed by atoms with Gasteiger partial charge >= 0.3 is 0 Å². The summed E-state index contributed by atoms with van der Waals surface area (Å²) in [5, 5.41) is 2.17. The summed E-state index contributed by atoms with van der Waals surface area (Å²) in [6.07, 6.45) is 0. The number of carbonyl (C=O) groups excluding carboxylic acids is 2. The summed E-state index contributed by atoms with van der Waals surface area (Å²) in [5.74, 6) is -1.04. The van der Waals surface area contributed by atoms with Gasteiger partial charge in [-0.15, -0.1) is 23.2 Å². The van der Waals surface area contributed by atoms with Crippen molar-refractivity contribution >= 4 is 57.4 Å². The van der Waals surface area contributed by atoms with Crippen molar-refractivity contribution in [2.45, 2.75) is 35.5 Å². The number of amides is 2. The van der Waals surface area contributed by atoms with Gasteiger partial charge in [-0.3, -0.25) is 14.6 Å². The fraction of sp³-hybridized carbons (Fsp3) is 0.400. The van der Waals surface area contributed by atoms with Gasteiger partial charge in [0.05, 0.1) is 10.3 Å². The van der Waals surface area contributed by atoms with E-state index in [-0.39, 0.29) is 17.1 Å². The van der Waals surface area contributed by atoms with Gasteiger partial charge in [-0.25, -0.2) is 5.43 Å². The summed E-state index contributed by atoms with van der Waals surface area (Å²) < 4.78 is 27.0. The zero-order valence-electron chi connectivity index (χ0n) is 14.1. The number of rotatable bonds is 5. The van der Waals surface area contributed by atoms with Gasteiger partial charge in [0.25, 0.3) is 15.9 Å². The number of nitrogens with one attached hydrogen (secondary N) is 2. The van der Waals surface area contributed by atoms with E-state index in [2.05, 4.69) is 21.9 Å². The zero-order valence-corrected chi connectivity index (χ0v) is 16.4. The summed E-state index contributed by atoms with van der Waals surface area (Å²) in [4.78, 5) is 24.6. The highest BCUT2D eigenvalue weighted by Crippen LogP contribution is 2.23. The molecular formula is C15H18Cl2N4O4S. The summed E-state index contributed by atoms with van der Waals surface area (Å²) >= 11 is 11.9. The molecule has 1 aromatic rings. The van der Waals surface area contributed by atoms with Crippen LogP contribution in [-0.4, -0.2) is 55.3 Å². The first-order valence-electron chi connectivity index (χ1n) is 7.57. The highest BCUT2D eigenvalue weighted by Gasteiger charge is 2.38. The Labute approximate surface area is 161 Å². The zero-order chi connectivity index (χ0) is 19.6. The number of sulfonamides is 1. The van der Waals surface area contributed by atoms with Crippen LogP contribution in [0.25, 0.3) is 0 Å². The first-order chi connectivity index (χ1) is 12.1. The molecule has 142 valence electrons. The molecule has 1 aromatic carbocycles. The predicted molar refractivity (Wildman–Crippen MR) is 100 cm³/mol. The largest absolute Gasteiger partial charge is 0.324 e. The predicted octanol–water partition coefficient (Wildman–Crippen LogP) is 1.27. The van der Waals surface area contributed by atoms with Crippen LogP contribution >= 0.6 is 23.2 Å². The van der Waals surface area contributed by atoms with Crippen LogP contribution in [0.1, 0.15) is 12.5 Å². The van der Waals surface area contributed by atoms with E-state index in [0.29, 0.717) is 5.56 Å². The van der Waals surface area contributed by atoms with Crippen LogP contribution in [0.5, 0.6) is 0 Å². The van der Waals surface area contributed by atoms with Crippen LogP contribution in [0.2, 0.25) is 0 Å². The van der Waals surface area contributed by atoms with E-state index >= 15 is 0 Å². The van der Waals surface area contributed by atoms with Gasteiger partial charge in [0.2, 0.25) is 5.91 Å². The molecule has 1 heterocycles. The fourth-order valence-corrected chi connectivity index (χ4v) is 3.63. The molecule has 3 atom stereocenters. The van der Waals surface area contributed by atoms with Gasteiger partial charge in [-0.2, -0.15) is 12.8 Å². The lowest BCUT2D eigenvalue weighted by Crippen LogP contribution is -2.62. The Morgan fingerprint density at radius 2 is 2.12 bits per heavy atom. The number of hydrogen-bond donors (Lipinski definition) is 2. The van der Waals surface area contributed by atoms with Crippen molar-refractivity contribution in [3.05, 3.63) is 23.8 Å². The van der Waals surface area contributed by atoms with E-state index in [1.807, 2.05) is 0 Å². The van der Waals surface area contributed by atoms with E-state index in [1.54, 1.807) is 13.0 Å². The molecule has 1 aliphatic rings. The van der Waals surface area contributed by atoms with Gasteiger partial charge in [0.1, 0.15) is 11.4 Å². The molecule has 26 heavy (non-hydrogen) atoms. The molecule has 0 spiro atoms. The average Bonchev–Trinajstić information content (AvgIpc) is 2.60. The molecular weight excluding hydrogens is 403 g/mol. The maximum absolute atomic E-state index is 12.5.